The number of hydrogen-bond acceptors (Lipinski definition) is 4. The normalized spacial score (nSPS) is 10.9. The quantitative estimate of drug-likeness (QED) is 0.689. The summed E-state index contributed by atoms with van der Waals surface area (Å²) in [7, 11) is 2.90. The molecule has 0 saturated heterocycles. The highest BCUT2D eigenvalue weighted by Crippen LogP contribution is 2.14. The van der Waals surface area contributed by atoms with Crippen molar-refractivity contribution in [2.45, 2.75) is 6.54 Å². The number of nitrogens with zero attached hydrogens (tertiary/aromatic N) is 5. The molecule has 0 atom stereocenters. The van der Waals surface area contributed by atoms with Crippen LogP contribution in [-0.4, -0.2) is 18.7 Å². The highest BCUT2D eigenvalue weighted by atomic mass is 19.1. The van der Waals surface area contributed by atoms with Crippen LogP contribution in [0.25, 0.3) is 11.2 Å². The Morgan fingerprint density at radius 2 is 2.00 bits per heavy atom. The van der Waals surface area contributed by atoms with Gasteiger partial charge in [-0.2, -0.15) is 5.26 Å². The van der Waals surface area contributed by atoms with Crippen LogP contribution in [0.5, 0.6) is 0 Å². The number of fused-ring (bicyclic) bond motifs is 1. The largest absolute Gasteiger partial charge is 0.332 e. The standard InChI is InChI=1S/C15H12FN5O2/c1-19-13-12(14(22)20(2)15(19)23)21(8-18-13)7-10-4-3-9(6-17)5-11(10)16/h3-5,8H,7H2,1-2H3. The van der Waals surface area contributed by atoms with Crippen molar-refractivity contribution in [2.24, 2.45) is 14.1 Å². The summed E-state index contributed by atoms with van der Waals surface area (Å²) in [6.45, 7) is 0.0709. The summed E-state index contributed by atoms with van der Waals surface area (Å²) in [6.07, 6.45) is 1.39. The molecule has 3 rings (SSSR count). The molecule has 0 fully saturated rings. The van der Waals surface area contributed by atoms with E-state index in [-0.39, 0.29) is 23.3 Å². The number of imidazole rings is 1. The number of hydrogen-bond donors (Lipinski definition) is 0. The molecular weight excluding hydrogens is 301 g/mol. The van der Waals surface area contributed by atoms with Gasteiger partial charge in [0, 0.05) is 19.7 Å². The molecule has 3 aromatic rings. The molecule has 0 amide bonds. The number of benzene rings is 1. The maximum atomic E-state index is 14.0. The lowest BCUT2D eigenvalue weighted by Gasteiger charge is -2.07. The van der Waals surface area contributed by atoms with E-state index in [0.717, 1.165) is 10.6 Å². The minimum absolute atomic E-state index is 0.0709. The molecule has 0 spiro atoms. The van der Waals surface area contributed by atoms with E-state index in [1.807, 2.05) is 6.07 Å². The van der Waals surface area contributed by atoms with Gasteiger partial charge in [0.05, 0.1) is 24.5 Å². The summed E-state index contributed by atoms with van der Waals surface area (Å²) in [5, 5.41) is 8.77. The van der Waals surface area contributed by atoms with Gasteiger partial charge in [0.1, 0.15) is 5.82 Å². The topological polar surface area (TPSA) is 85.6 Å². The molecule has 8 heteroatoms. The fourth-order valence-electron chi connectivity index (χ4n) is 2.45. The summed E-state index contributed by atoms with van der Waals surface area (Å²) in [5.74, 6) is -0.535. The van der Waals surface area contributed by atoms with E-state index < -0.39 is 17.1 Å². The Balaban J connectivity index is 2.18. The first-order valence-corrected chi connectivity index (χ1v) is 6.73. The lowest BCUT2D eigenvalue weighted by atomic mass is 10.1. The molecule has 7 nitrogen and oxygen atoms in total. The zero-order chi connectivity index (χ0) is 16.7. The average Bonchev–Trinajstić information content (AvgIpc) is 2.96. The van der Waals surface area contributed by atoms with Crippen LogP contribution < -0.4 is 11.2 Å². The molecule has 1 aromatic carbocycles. The van der Waals surface area contributed by atoms with Crippen molar-refractivity contribution in [3.05, 3.63) is 62.3 Å². The van der Waals surface area contributed by atoms with Crippen molar-refractivity contribution in [3.63, 3.8) is 0 Å². The Bertz CT molecular complexity index is 1080. The second-order valence-electron chi connectivity index (χ2n) is 5.17. The molecule has 0 aliphatic carbocycles. The number of rotatable bonds is 2. The summed E-state index contributed by atoms with van der Waals surface area (Å²) in [4.78, 5) is 28.3. The van der Waals surface area contributed by atoms with Gasteiger partial charge in [-0.15, -0.1) is 0 Å². The van der Waals surface area contributed by atoms with Gasteiger partial charge in [-0.3, -0.25) is 13.9 Å². The maximum Gasteiger partial charge on any atom is 0.332 e. The fourth-order valence-corrected chi connectivity index (χ4v) is 2.45. The first kappa shape index (κ1) is 14.7. The number of nitriles is 1. The Kier molecular flexibility index (Phi) is 3.33. The third kappa shape index (κ3) is 2.23. The van der Waals surface area contributed by atoms with Crippen LogP contribution in [0.4, 0.5) is 4.39 Å². The molecule has 0 radical (unpaired) electrons. The molecular formula is C15H12FN5O2. The van der Waals surface area contributed by atoms with Gasteiger partial charge in [0.25, 0.3) is 5.56 Å². The molecule has 0 aliphatic rings. The van der Waals surface area contributed by atoms with E-state index in [0.29, 0.717) is 5.56 Å². The monoisotopic (exact) mass is 313 g/mol. The molecule has 0 bridgehead atoms. The average molecular weight is 313 g/mol. The van der Waals surface area contributed by atoms with Crippen LogP contribution in [0.15, 0.2) is 34.1 Å². The summed E-state index contributed by atoms with van der Waals surface area (Å²) in [6, 6.07) is 6.00. The van der Waals surface area contributed by atoms with Crippen LogP contribution in [0.1, 0.15) is 11.1 Å². The fraction of sp³-hybridized carbons (Fsp3) is 0.200. The van der Waals surface area contributed by atoms with Crippen molar-refractivity contribution in [2.75, 3.05) is 0 Å². The van der Waals surface area contributed by atoms with Gasteiger partial charge >= 0.3 is 5.69 Å². The number of aryl methyl sites for hydroxylation is 1. The van der Waals surface area contributed by atoms with Crippen LogP contribution >= 0.6 is 0 Å². The highest BCUT2D eigenvalue weighted by molar-refractivity contribution is 5.70. The van der Waals surface area contributed by atoms with E-state index in [1.165, 1.54) is 41.7 Å². The Hall–Kier alpha value is -3.21. The smallest absolute Gasteiger partial charge is 0.320 e. The summed E-state index contributed by atoms with van der Waals surface area (Å²) in [5.41, 5.74) is 0.0386. The third-order valence-electron chi connectivity index (χ3n) is 3.74. The molecule has 0 aliphatic heterocycles. The molecule has 0 N–H and O–H groups in total. The minimum Gasteiger partial charge on any atom is -0.320 e. The maximum absolute atomic E-state index is 14.0. The van der Waals surface area contributed by atoms with E-state index in [4.69, 9.17) is 5.26 Å². The van der Waals surface area contributed by atoms with Gasteiger partial charge in [-0.25, -0.2) is 14.2 Å². The third-order valence-corrected chi connectivity index (χ3v) is 3.74. The summed E-state index contributed by atoms with van der Waals surface area (Å²) >= 11 is 0. The minimum atomic E-state index is -0.535. The van der Waals surface area contributed by atoms with Crippen molar-refractivity contribution < 1.29 is 4.39 Å². The second-order valence-corrected chi connectivity index (χ2v) is 5.17. The Morgan fingerprint density at radius 3 is 2.65 bits per heavy atom. The van der Waals surface area contributed by atoms with E-state index in [2.05, 4.69) is 4.98 Å². The molecule has 2 heterocycles. The first-order valence-electron chi connectivity index (χ1n) is 6.73. The zero-order valence-corrected chi connectivity index (χ0v) is 12.4. The molecule has 0 saturated carbocycles. The van der Waals surface area contributed by atoms with E-state index >= 15 is 0 Å². The van der Waals surface area contributed by atoms with Crippen LogP contribution in [-0.2, 0) is 20.6 Å². The van der Waals surface area contributed by atoms with Crippen LogP contribution in [0, 0.1) is 17.1 Å². The van der Waals surface area contributed by atoms with Crippen molar-refractivity contribution >= 4 is 11.2 Å². The predicted molar refractivity (Wildman–Crippen MR) is 80.4 cm³/mol. The first-order chi connectivity index (χ1) is 10.9. The predicted octanol–water partition coefficient (Wildman–Crippen LogP) is 0.493. The molecule has 23 heavy (non-hydrogen) atoms. The van der Waals surface area contributed by atoms with Crippen LogP contribution in [0.3, 0.4) is 0 Å². The highest BCUT2D eigenvalue weighted by Gasteiger charge is 2.15. The molecule has 116 valence electrons. The van der Waals surface area contributed by atoms with Gasteiger partial charge in [0.15, 0.2) is 11.2 Å². The molecule has 2 aromatic heterocycles. The Labute approximate surface area is 129 Å². The number of halogens is 1. The van der Waals surface area contributed by atoms with E-state index in [1.54, 1.807) is 0 Å². The van der Waals surface area contributed by atoms with Crippen molar-refractivity contribution in [1.29, 1.82) is 5.26 Å². The van der Waals surface area contributed by atoms with Gasteiger partial charge < -0.3 is 4.57 Å². The van der Waals surface area contributed by atoms with E-state index in [9.17, 15) is 14.0 Å². The second kappa shape index (κ2) is 5.21. The SMILES string of the molecule is Cn1c(=O)c2c(ncn2Cc2ccc(C#N)cc2F)n(C)c1=O. The van der Waals surface area contributed by atoms with Crippen LogP contribution in [0.2, 0.25) is 0 Å². The van der Waals surface area contributed by atoms with Gasteiger partial charge in [0.2, 0.25) is 0 Å². The summed E-state index contributed by atoms with van der Waals surface area (Å²) < 4.78 is 17.8. The van der Waals surface area contributed by atoms with Gasteiger partial charge in [-0.05, 0) is 12.1 Å². The molecule has 0 unspecified atom stereocenters. The number of aromatic nitrogens is 4. The lowest BCUT2D eigenvalue weighted by Crippen LogP contribution is -2.37. The van der Waals surface area contributed by atoms with Gasteiger partial charge in [-0.1, -0.05) is 6.07 Å². The zero-order valence-electron chi connectivity index (χ0n) is 12.4. The lowest BCUT2D eigenvalue weighted by molar-refractivity contribution is 0.600. The van der Waals surface area contributed by atoms with Crippen molar-refractivity contribution in [3.8, 4) is 6.07 Å². The van der Waals surface area contributed by atoms with Crippen molar-refractivity contribution in [1.82, 2.24) is 18.7 Å². The Morgan fingerprint density at radius 1 is 1.26 bits per heavy atom.